The zero-order valence-corrected chi connectivity index (χ0v) is 17.8. The fourth-order valence-corrected chi connectivity index (χ4v) is 3.54. The number of halogens is 1. The van der Waals surface area contributed by atoms with Crippen LogP contribution >= 0.6 is 15.9 Å². The first kappa shape index (κ1) is 20.0. The van der Waals surface area contributed by atoms with Gasteiger partial charge in [0.15, 0.2) is 5.82 Å². The number of rotatable bonds is 6. The molecule has 0 aliphatic heterocycles. The number of aryl methyl sites for hydroxylation is 2. The van der Waals surface area contributed by atoms with Gasteiger partial charge in [-0.15, -0.1) is 10.2 Å². The van der Waals surface area contributed by atoms with Gasteiger partial charge < -0.3 is 9.88 Å². The van der Waals surface area contributed by atoms with E-state index in [1.54, 1.807) is 18.5 Å². The zero-order chi connectivity index (χ0) is 21.1. The van der Waals surface area contributed by atoms with Gasteiger partial charge >= 0.3 is 0 Å². The second-order valence-corrected chi connectivity index (χ2v) is 7.64. The van der Waals surface area contributed by atoms with Crippen LogP contribution in [0, 0.1) is 0 Å². The van der Waals surface area contributed by atoms with Crippen molar-refractivity contribution in [1.82, 2.24) is 24.3 Å². The van der Waals surface area contributed by atoms with Crippen molar-refractivity contribution in [2.45, 2.75) is 26.4 Å². The zero-order valence-electron chi connectivity index (χ0n) is 16.2. The van der Waals surface area contributed by atoms with Crippen LogP contribution in [-0.2, 0) is 17.9 Å². The number of benzene rings is 2. The summed E-state index contributed by atoms with van der Waals surface area (Å²) in [5.74, 6) is 0.555. The van der Waals surface area contributed by atoms with Crippen LogP contribution in [0.1, 0.15) is 13.3 Å². The molecule has 4 rings (SSSR count). The highest BCUT2D eigenvalue weighted by molar-refractivity contribution is 9.10. The maximum atomic E-state index is 12.6. The van der Waals surface area contributed by atoms with Crippen molar-refractivity contribution in [3.63, 3.8) is 0 Å². The Morgan fingerprint density at radius 1 is 1.13 bits per heavy atom. The number of hydrogen-bond donors (Lipinski definition) is 1. The highest BCUT2D eigenvalue weighted by Crippen LogP contribution is 2.21. The fraction of sp³-hybridized carbons (Fsp3) is 0.190. The summed E-state index contributed by atoms with van der Waals surface area (Å²) in [5.41, 5.74) is 1.99. The van der Waals surface area contributed by atoms with Crippen molar-refractivity contribution >= 4 is 38.4 Å². The van der Waals surface area contributed by atoms with Gasteiger partial charge in [-0.05, 0) is 37.3 Å². The lowest BCUT2D eigenvalue weighted by Gasteiger charge is -2.09. The van der Waals surface area contributed by atoms with E-state index in [2.05, 4.69) is 36.4 Å². The fourth-order valence-electron chi connectivity index (χ4n) is 3.18. The molecule has 9 heteroatoms. The molecule has 0 radical (unpaired) electrons. The van der Waals surface area contributed by atoms with Crippen molar-refractivity contribution < 1.29 is 4.79 Å². The van der Waals surface area contributed by atoms with Gasteiger partial charge in [-0.3, -0.25) is 14.2 Å². The Bertz CT molecular complexity index is 1280. The van der Waals surface area contributed by atoms with Crippen molar-refractivity contribution in [3.05, 3.63) is 69.9 Å². The van der Waals surface area contributed by atoms with Crippen LogP contribution in [-0.4, -0.2) is 30.2 Å². The first-order valence-electron chi connectivity index (χ1n) is 9.48. The molecule has 0 aliphatic rings. The van der Waals surface area contributed by atoms with Crippen LogP contribution in [0.3, 0.4) is 0 Å². The predicted octanol–water partition coefficient (Wildman–Crippen LogP) is 3.47. The van der Waals surface area contributed by atoms with Crippen molar-refractivity contribution in [3.8, 4) is 11.4 Å². The predicted molar refractivity (Wildman–Crippen MR) is 118 cm³/mol. The Hall–Kier alpha value is -3.33. The maximum absolute atomic E-state index is 12.6. The Kier molecular flexibility index (Phi) is 5.71. The molecule has 0 aliphatic carbocycles. The molecule has 2 heterocycles. The molecule has 0 saturated heterocycles. The van der Waals surface area contributed by atoms with Crippen LogP contribution < -0.4 is 10.9 Å². The van der Waals surface area contributed by atoms with E-state index in [0.29, 0.717) is 16.6 Å². The average molecular weight is 467 g/mol. The van der Waals surface area contributed by atoms with Crippen LogP contribution in [0.25, 0.3) is 22.3 Å². The Labute approximate surface area is 180 Å². The minimum Gasteiger partial charge on any atom is -0.326 e. The van der Waals surface area contributed by atoms with Gasteiger partial charge in [-0.25, -0.2) is 4.98 Å². The number of carbonyl (C=O) groups is 1. The molecule has 0 unspecified atom stereocenters. The molecule has 30 heavy (non-hydrogen) atoms. The van der Waals surface area contributed by atoms with E-state index >= 15 is 0 Å². The van der Waals surface area contributed by atoms with Gasteiger partial charge in [0.1, 0.15) is 6.33 Å². The SMILES string of the molecule is CCn1cnnc1-c1cccc(NC(=O)CCn2cnc3ccc(Br)cc3c2=O)c1. The number of amides is 1. The van der Waals surface area contributed by atoms with E-state index in [0.717, 1.165) is 22.4 Å². The summed E-state index contributed by atoms with van der Waals surface area (Å²) in [4.78, 5) is 29.4. The van der Waals surface area contributed by atoms with E-state index in [9.17, 15) is 9.59 Å². The Morgan fingerprint density at radius 3 is 2.83 bits per heavy atom. The molecule has 0 atom stereocenters. The lowest BCUT2D eigenvalue weighted by molar-refractivity contribution is -0.116. The third kappa shape index (κ3) is 4.16. The number of hydrogen-bond acceptors (Lipinski definition) is 5. The minimum absolute atomic E-state index is 0.149. The van der Waals surface area contributed by atoms with Crippen molar-refractivity contribution in [2.24, 2.45) is 0 Å². The quantitative estimate of drug-likeness (QED) is 0.469. The third-order valence-electron chi connectivity index (χ3n) is 4.73. The molecule has 0 bridgehead atoms. The topological polar surface area (TPSA) is 94.7 Å². The molecule has 152 valence electrons. The molecule has 0 spiro atoms. The standard InChI is InChI=1S/C21H19BrN6O2/c1-2-27-13-24-26-20(27)14-4-3-5-16(10-14)25-19(29)8-9-28-12-23-18-7-6-15(22)11-17(18)21(28)30/h3-7,10-13H,2,8-9H2,1H3,(H,25,29). The first-order valence-corrected chi connectivity index (χ1v) is 10.3. The molecule has 1 amide bonds. The number of anilines is 1. The average Bonchev–Trinajstić information content (AvgIpc) is 3.23. The van der Waals surface area contributed by atoms with Gasteiger partial charge in [0.25, 0.3) is 5.56 Å². The lowest BCUT2D eigenvalue weighted by atomic mass is 10.2. The summed E-state index contributed by atoms with van der Waals surface area (Å²) in [6.07, 6.45) is 3.30. The molecule has 8 nitrogen and oxygen atoms in total. The van der Waals surface area contributed by atoms with E-state index < -0.39 is 0 Å². The summed E-state index contributed by atoms with van der Waals surface area (Å²) in [6.45, 7) is 3.01. The Balaban J connectivity index is 1.46. The van der Waals surface area contributed by atoms with Crippen LogP contribution in [0.15, 0.2) is 64.4 Å². The molecular weight excluding hydrogens is 448 g/mol. The highest BCUT2D eigenvalue weighted by atomic mass is 79.9. The summed E-state index contributed by atoms with van der Waals surface area (Å²) in [7, 11) is 0. The summed E-state index contributed by atoms with van der Waals surface area (Å²) in [5, 5.41) is 11.5. The monoisotopic (exact) mass is 466 g/mol. The molecule has 2 aromatic carbocycles. The minimum atomic E-state index is -0.189. The normalized spacial score (nSPS) is 11.0. The number of nitrogens with one attached hydrogen (secondary N) is 1. The van der Waals surface area contributed by atoms with Crippen LogP contribution in [0.4, 0.5) is 5.69 Å². The third-order valence-corrected chi connectivity index (χ3v) is 5.22. The van der Waals surface area contributed by atoms with E-state index in [1.807, 2.05) is 41.8 Å². The smallest absolute Gasteiger partial charge is 0.261 e. The van der Waals surface area contributed by atoms with Crippen LogP contribution in [0.5, 0.6) is 0 Å². The van der Waals surface area contributed by atoms with Gasteiger partial charge in [0, 0.05) is 35.2 Å². The molecule has 4 aromatic rings. The van der Waals surface area contributed by atoms with Gasteiger partial charge in [-0.1, -0.05) is 28.1 Å². The van der Waals surface area contributed by atoms with Gasteiger partial charge in [-0.2, -0.15) is 0 Å². The maximum Gasteiger partial charge on any atom is 0.261 e. The molecular formula is C21H19BrN6O2. The lowest BCUT2D eigenvalue weighted by Crippen LogP contribution is -2.23. The van der Waals surface area contributed by atoms with Gasteiger partial charge in [0.2, 0.25) is 5.91 Å². The molecule has 2 aromatic heterocycles. The van der Waals surface area contributed by atoms with Crippen molar-refractivity contribution in [1.29, 1.82) is 0 Å². The van der Waals surface area contributed by atoms with E-state index in [4.69, 9.17) is 0 Å². The number of aromatic nitrogens is 5. The van der Waals surface area contributed by atoms with E-state index in [1.165, 1.54) is 10.9 Å². The number of nitrogens with zero attached hydrogens (tertiary/aromatic N) is 5. The second-order valence-electron chi connectivity index (χ2n) is 6.72. The summed E-state index contributed by atoms with van der Waals surface area (Å²) in [6, 6.07) is 12.8. The van der Waals surface area contributed by atoms with E-state index in [-0.39, 0.29) is 24.4 Å². The summed E-state index contributed by atoms with van der Waals surface area (Å²) >= 11 is 3.37. The van der Waals surface area contributed by atoms with Gasteiger partial charge in [0.05, 0.1) is 17.2 Å². The van der Waals surface area contributed by atoms with Crippen LogP contribution in [0.2, 0.25) is 0 Å². The molecule has 0 saturated carbocycles. The Morgan fingerprint density at radius 2 is 2.00 bits per heavy atom. The molecule has 1 N–H and O–H groups in total. The summed E-state index contributed by atoms with van der Waals surface area (Å²) < 4.78 is 4.19. The van der Waals surface area contributed by atoms with Crippen molar-refractivity contribution in [2.75, 3.05) is 5.32 Å². The largest absolute Gasteiger partial charge is 0.326 e. The highest BCUT2D eigenvalue weighted by Gasteiger charge is 2.10. The first-order chi connectivity index (χ1) is 14.5. The number of carbonyl (C=O) groups excluding carboxylic acids is 1. The molecule has 0 fully saturated rings. The second kappa shape index (κ2) is 8.58. The number of fused-ring (bicyclic) bond motifs is 1.